The Kier molecular flexibility index (Phi) is 6.43. The molecule has 2 unspecified atom stereocenters. The predicted molar refractivity (Wildman–Crippen MR) is 82.9 cm³/mol. The third kappa shape index (κ3) is 4.55. The Morgan fingerprint density at radius 1 is 1.50 bits per heavy atom. The van der Waals surface area contributed by atoms with Gasteiger partial charge in [-0.05, 0) is 18.9 Å². The van der Waals surface area contributed by atoms with Gasteiger partial charge in [-0.15, -0.1) is 0 Å². The number of ether oxygens (including phenoxy) is 2. The Balaban J connectivity index is 2.02. The minimum absolute atomic E-state index is 0.0107. The van der Waals surface area contributed by atoms with Gasteiger partial charge in [0.05, 0.1) is 31.0 Å². The van der Waals surface area contributed by atoms with Crippen LogP contribution in [0.1, 0.15) is 25.3 Å². The van der Waals surface area contributed by atoms with Crippen molar-refractivity contribution < 1.29 is 22.3 Å². The van der Waals surface area contributed by atoms with Gasteiger partial charge in [0.25, 0.3) is 0 Å². The van der Waals surface area contributed by atoms with E-state index in [1.807, 2.05) is 6.92 Å². The highest BCUT2D eigenvalue weighted by molar-refractivity contribution is 7.89. The molecule has 7 heteroatoms. The molecule has 1 aliphatic heterocycles. The highest BCUT2D eigenvalue weighted by Crippen LogP contribution is 2.22. The SMILES string of the molecule is CCN(Cc1ccoc1)S(=O)(=O)CC(OC)C1CCCOC1. The van der Waals surface area contributed by atoms with E-state index >= 15 is 0 Å². The molecule has 0 amide bonds. The van der Waals surface area contributed by atoms with Crippen molar-refractivity contribution in [3.8, 4) is 0 Å². The van der Waals surface area contributed by atoms with Crippen LogP contribution in [0.3, 0.4) is 0 Å². The van der Waals surface area contributed by atoms with Crippen LogP contribution < -0.4 is 0 Å². The lowest BCUT2D eigenvalue weighted by molar-refractivity contribution is -0.0192. The van der Waals surface area contributed by atoms with Gasteiger partial charge < -0.3 is 13.9 Å². The number of hydrogen-bond acceptors (Lipinski definition) is 5. The molecular weight excluding hydrogens is 306 g/mol. The number of sulfonamides is 1. The molecule has 0 radical (unpaired) electrons. The maximum Gasteiger partial charge on any atom is 0.216 e. The summed E-state index contributed by atoms with van der Waals surface area (Å²) >= 11 is 0. The largest absolute Gasteiger partial charge is 0.472 e. The van der Waals surface area contributed by atoms with E-state index in [2.05, 4.69) is 0 Å². The average Bonchev–Trinajstić information content (AvgIpc) is 3.04. The van der Waals surface area contributed by atoms with Gasteiger partial charge in [-0.2, -0.15) is 4.31 Å². The van der Waals surface area contributed by atoms with Gasteiger partial charge in [-0.25, -0.2) is 8.42 Å². The number of nitrogens with zero attached hydrogens (tertiary/aromatic N) is 1. The molecule has 0 saturated carbocycles. The van der Waals surface area contributed by atoms with Gasteiger partial charge in [0.1, 0.15) is 0 Å². The maximum absolute atomic E-state index is 12.7. The second-order valence-corrected chi connectivity index (χ2v) is 7.60. The smallest absolute Gasteiger partial charge is 0.216 e. The predicted octanol–water partition coefficient (Wildman–Crippen LogP) is 1.87. The maximum atomic E-state index is 12.7. The second-order valence-electron chi connectivity index (χ2n) is 5.59. The first-order valence-corrected chi connectivity index (χ1v) is 9.27. The molecule has 0 N–H and O–H groups in total. The molecule has 0 spiro atoms. The van der Waals surface area contributed by atoms with Gasteiger partial charge in [0.2, 0.25) is 10.0 Å². The van der Waals surface area contributed by atoms with Gasteiger partial charge in [-0.3, -0.25) is 0 Å². The zero-order chi connectivity index (χ0) is 16.0. The normalized spacial score (nSPS) is 21.1. The van der Waals surface area contributed by atoms with Gasteiger partial charge in [-0.1, -0.05) is 6.92 Å². The molecule has 0 aromatic carbocycles. The Morgan fingerprint density at radius 3 is 2.86 bits per heavy atom. The van der Waals surface area contributed by atoms with Crippen LogP contribution in [-0.4, -0.2) is 51.4 Å². The fraction of sp³-hybridized carbons (Fsp3) is 0.733. The molecule has 0 aliphatic carbocycles. The summed E-state index contributed by atoms with van der Waals surface area (Å²) in [5.74, 6) is 0.129. The van der Waals surface area contributed by atoms with Crippen molar-refractivity contribution in [2.24, 2.45) is 5.92 Å². The van der Waals surface area contributed by atoms with Crippen LogP contribution in [0.4, 0.5) is 0 Å². The van der Waals surface area contributed by atoms with Crippen molar-refractivity contribution in [1.29, 1.82) is 0 Å². The van der Waals surface area contributed by atoms with Crippen molar-refractivity contribution in [1.82, 2.24) is 4.31 Å². The molecule has 6 nitrogen and oxygen atoms in total. The Morgan fingerprint density at radius 2 is 2.32 bits per heavy atom. The van der Waals surface area contributed by atoms with E-state index < -0.39 is 10.0 Å². The van der Waals surface area contributed by atoms with Crippen LogP contribution in [0.2, 0.25) is 0 Å². The van der Waals surface area contributed by atoms with Crippen molar-refractivity contribution in [3.63, 3.8) is 0 Å². The Labute approximate surface area is 132 Å². The summed E-state index contributed by atoms with van der Waals surface area (Å²) in [4.78, 5) is 0. The summed E-state index contributed by atoms with van der Waals surface area (Å²) in [5.41, 5.74) is 0.848. The average molecular weight is 331 g/mol. The van der Waals surface area contributed by atoms with Gasteiger partial charge in [0.15, 0.2) is 0 Å². The number of hydrogen-bond donors (Lipinski definition) is 0. The minimum Gasteiger partial charge on any atom is -0.472 e. The van der Waals surface area contributed by atoms with E-state index in [1.54, 1.807) is 25.7 Å². The third-order valence-corrected chi connectivity index (χ3v) is 6.01. The monoisotopic (exact) mass is 331 g/mol. The molecule has 2 heterocycles. The van der Waals surface area contributed by atoms with Crippen LogP contribution >= 0.6 is 0 Å². The summed E-state index contributed by atoms with van der Waals surface area (Å²) < 4.78 is 42.7. The van der Waals surface area contributed by atoms with Crippen LogP contribution in [-0.2, 0) is 26.0 Å². The summed E-state index contributed by atoms with van der Waals surface area (Å²) in [6.45, 7) is 3.91. The molecule has 1 aromatic rings. The van der Waals surface area contributed by atoms with Gasteiger partial charge in [0, 0.05) is 38.3 Å². The topological polar surface area (TPSA) is 69.0 Å². The molecule has 0 bridgehead atoms. The van der Waals surface area contributed by atoms with Crippen molar-refractivity contribution in [2.45, 2.75) is 32.4 Å². The van der Waals surface area contributed by atoms with Crippen molar-refractivity contribution in [2.75, 3.05) is 32.6 Å². The van der Waals surface area contributed by atoms with E-state index in [0.29, 0.717) is 19.7 Å². The van der Waals surface area contributed by atoms with Crippen LogP contribution in [0.25, 0.3) is 0 Å². The lowest BCUT2D eigenvalue weighted by Crippen LogP contribution is -2.41. The lowest BCUT2D eigenvalue weighted by Gasteiger charge is -2.30. The van der Waals surface area contributed by atoms with Gasteiger partial charge >= 0.3 is 0 Å². The fourth-order valence-electron chi connectivity index (χ4n) is 2.76. The quantitative estimate of drug-likeness (QED) is 0.727. The fourth-order valence-corrected chi connectivity index (χ4v) is 4.53. The van der Waals surface area contributed by atoms with E-state index in [-0.39, 0.29) is 17.8 Å². The first kappa shape index (κ1) is 17.5. The van der Waals surface area contributed by atoms with E-state index in [4.69, 9.17) is 13.9 Å². The highest BCUT2D eigenvalue weighted by atomic mass is 32.2. The standard InChI is InChI=1S/C15H25NO5S/c1-3-16(9-13-6-8-21-10-13)22(17,18)12-15(19-2)14-5-4-7-20-11-14/h6,8,10,14-15H,3-5,7,9,11-12H2,1-2H3. The summed E-state index contributed by atoms with van der Waals surface area (Å²) in [7, 11) is -1.83. The minimum atomic E-state index is -3.40. The van der Waals surface area contributed by atoms with E-state index in [9.17, 15) is 8.42 Å². The number of furan rings is 1. The number of methoxy groups -OCH3 is 1. The highest BCUT2D eigenvalue weighted by Gasteiger charge is 2.31. The number of rotatable bonds is 8. The molecule has 2 rings (SSSR count). The van der Waals surface area contributed by atoms with Crippen LogP contribution in [0.15, 0.2) is 23.0 Å². The molecule has 1 saturated heterocycles. The molecule has 2 atom stereocenters. The lowest BCUT2D eigenvalue weighted by atomic mass is 9.97. The van der Waals surface area contributed by atoms with Crippen LogP contribution in [0.5, 0.6) is 0 Å². The zero-order valence-electron chi connectivity index (χ0n) is 13.2. The summed E-state index contributed by atoms with van der Waals surface area (Å²) in [6.07, 6.45) is 4.69. The molecular formula is C15H25NO5S. The van der Waals surface area contributed by atoms with E-state index in [1.165, 1.54) is 4.31 Å². The third-order valence-electron chi connectivity index (χ3n) is 4.08. The second kappa shape index (κ2) is 8.10. The van der Waals surface area contributed by atoms with Crippen molar-refractivity contribution >= 4 is 10.0 Å². The Bertz CT molecular complexity index is 522. The zero-order valence-corrected chi connectivity index (χ0v) is 14.0. The molecule has 126 valence electrons. The van der Waals surface area contributed by atoms with E-state index in [0.717, 1.165) is 25.0 Å². The van der Waals surface area contributed by atoms with Crippen LogP contribution in [0, 0.1) is 5.92 Å². The summed E-state index contributed by atoms with van der Waals surface area (Å²) in [6, 6.07) is 1.78. The Hall–Kier alpha value is -0.890. The van der Waals surface area contributed by atoms with Crippen molar-refractivity contribution in [3.05, 3.63) is 24.2 Å². The molecule has 1 aromatic heterocycles. The first-order chi connectivity index (χ1) is 10.6. The summed E-state index contributed by atoms with van der Waals surface area (Å²) in [5, 5.41) is 0. The molecule has 22 heavy (non-hydrogen) atoms. The molecule has 1 aliphatic rings. The first-order valence-electron chi connectivity index (χ1n) is 7.66. The molecule has 1 fully saturated rings.